The van der Waals surface area contributed by atoms with E-state index in [4.69, 9.17) is 15.2 Å². The first-order valence-corrected chi connectivity index (χ1v) is 8.10. The lowest BCUT2D eigenvalue weighted by Gasteiger charge is -2.29. The lowest BCUT2D eigenvalue weighted by Crippen LogP contribution is -2.37. The second kappa shape index (κ2) is 10.2. The lowest BCUT2D eigenvalue weighted by atomic mass is 10.1. The third-order valence-electron chi connectivity index (χ3n) is 3.49. The minimum absolute atomic E-state index is 0.0121. The number of hydrogen-bond donors (Lipinski definition) is 1. The number of ether oxygens (including phenoxy) is 2. The molecule has 2 atom stereocenters. The molecule has 0 aromatic heterocycles. The van der Waals surface area contributed by atoms with Gasteiger partial charge in [0.2, 0.25) is 0 Å². The van der Waals surface area contributed by atoms with E-state index >= 15 is 0 Å². The third-order valence-corrected chi connectivity index (χ3v) is 3.49. The smallest absolute Gasteiger partial charge is 0.125 e. The first-order valence-electron chi connectivity index (χ1n) is 8.10. The molecule has 1 aliphatic rings. The maximum atomic E-state index is 5.73. The summed E-state index contributed by atoms with van der Waals surface area (Å²) in [5.41, 5.74) is 8.24. The summed E-state index contributed by atoms with van der Waals surface area (Å²) >= 11 is 0. The highest BCUT2D eigenvalue weighted by Gasteiger charge is 2.22. The Morgan fingerprint density at radius 3 is 2.64 bits per heavy atom. The van der Waals surface area contributed by atoms with Crippen molar-refractivity contribution in [2.75, 3.05) is 13.2 Å². The van der Waals surface area contributed by atoms with Crippen LogP contribution in [-0.4, -0.2) is 25.4 Å². The Morgan fingerprint density at radius 2 is 2.00 bits per heavy atom. The van der Waals surface area contributed by atoms with E-state index in [1.165, 1.54) is 11.1 Å². The minimum atomic E-state index is -0.0274. The summed E-state index contributed by atoms with van der Waals surface area (Å²) in [6, 6.07) is 8.42. The molecule has 0 saturated carbocycles. The molecule has 1 fully saturated rings. The van der Waals surface area contributed by atoms with E-state index < -0.39 is 0 Å². The molecule has 2 N–H and O–H groups in total. The van der Waals surface area contributed by atoms with Crippen LogP contribution < -0.4 is 5.73 Å². The van der Waals surface area contributed by atoms with Crippen molar-refractivity contribution in [1.29, 1.82) is 0 Å². The summed E-state index contributed by atoms with van der Waals surface area (Å²) in [6.45, 7) is 9.16. The topological polar surface area (TPSA) is 44.5 Å². The molecule has 122 valence electrons. The van der Waals surface area contributed by atoms with Crippen LogP contribution in [0.25, 0.3) is 0 Å². The summed E-state index contributed by atoms with van der Waals surface area (Å²) in [5, 5.41) is 0. The van der Waals surface area contributed by atoms with Crippen LogP contribution in [0.5, 0.6) is 0 Å². The van der Waals surface area contributed by atoms with Crippen molar-refractivity contribution in [3.63, 3.8) is 0 Å². The Labute approximate surface area is 134 Å². The van der Waals surface area contributed by atoms with Crippen molar-refractivity contribution in [2.24, 2.45) is 5.73 Å². The molecule has 22 heavy (non-hydrogen) atoms. The zero-order valence-electron chi connectivity index (χ0n) is 14.2. The van der Waals surface area contributed by atoms with Gasteiger partial charge in [-0.3, -0.25) is 0 Å². The van der Waals surface area contributed by atoms with Crippen molar-refractivity contribution in [3.8, 4) is 0 Å². The van der Waals surface area contributed by atoms with Gasteiger partial charge in [0, 0.05) is 6.54 Å². The number of hydrogen-bond acceptors (Lipinski definition) is 3. The summed E-state index contributed by atoms with van der Waals surface area (Å²) < 4.78 is 11.4. The van der Waals surface area contributed by atoms with Gasteiger partial charge in [0.15, 0.2) is 0 Å². The predicted molar refractivity (Wildman–Crippen MR) is 92.8 cm³/mol. The molecule has 1 saturated heterocycles. The van der Waals surface area contributed by atoms with E-state index in [0.717, 1.165) is 12.2 Å². The fraction of sp³-hybridized carbons (Fsp3) is 0.474. The van der Waals surface area contributed by atoms with E-state index in [0.29, 0.717) is 13.2 Å². The molecule has 2 rings (SSSR count). The lowest BCUT2D eigenvalue weighted by molar-refractivity contribution is -0.0865. The van der Waals surface area contributed by atoms with E-state index in [-0.39, 0.29) is 12.2 Å². The SMILES string of the molecule is CC.Cc1ccccc1C/C=C\C=C1\OCC(CN)OC1C. The number of benzene rings is 1. The Balaban J connectivity index is 0.00000116. The van der Waals surface area contributed by atoms with Gasteiger partial charge in [-0.1, -0.05) is 50.3 Å². The second-order valence-corrected chi connectivity index (χ2v) is 5.07. The van der Waals surface area contributed by atoms with Crippen LogP contribution in [0.1, 0.15) is 31.9 Å². The van der Waals surface area contributed by atoms with E-state index in [9.17, 15) is 0 Å². The standard InChI is InChI=1S/C17H23NO2.C2H6/c1-13-7-3-4-8-15(13)9-5-6-10-17-14(2)20-16(11-18)12-19-17;1-2/h3-8,10,14,16H,9,11-12,18H2,1-2H3;1-2H3/b6-5-,17-10+;. The van der Waals surface area contributed by atoms with Gasteiger partial charge >= 0.3 is 0 Å². The zero-order valence-corrected chi connectivity index (χ0v) is 14.2. The molecule has 0 radical (unpaired) electrons. The van der Waals surface area contributed by atoms with Crippen LogP contribution in [0.4, 0.5) is 0 Å². The van der Waals surface area contributed by atoms with Gasteiger partial charge in [-0.2, -0.15) is 0 Å². The van der Waals surface area contributed by atoms with Gasteiger partial charge < -0.3 is 15.2 Å². The highest BCUT2D eigenvalue weighted by molar-refractivity contribution is 5.28. The highest BCUT2D eigenvalue weighted by Crippen LogP contribution is 2.17. The van der Waals surface area contributed by atoms with Crippen LogP contribution >= 0.6 is 0 Å². The van der Waals surface area contributed by atoms with E-state index in [2.05, 4.69) is 37.3 Å². The molecule has 1 aliphatic heterocycles. The maximum absolute atomic E-state index is 5.73. The molecule has 1 aromatic carbocycles. The molecule has 3 heteroatoms. The van der Waals surface area contributed by atoms with Gasteiger partial charge in [0.1, 0.15) is 24.6 Å². The Hall–Kier alpha value is -1.58. The fourth-order valence-corrected chi connectivity index (χ4v) is 2.21. The summed E-state index contributed by atoms with van der Waals surface area (Å²) in [4.78, 5) is 0. The van der Waals surface area contributed by atoms with Gasteiger partial charge in [0.05, 0.1) is 0 Å². The van der Waals surface area contributed by atoms with Gasteiger partial charge in [0.25, 0.3) is 0 Å². The molecule has 0 amide bonds. The molecular formula is C19H29NO2. The van der Waals surface area contributed by atoms with Crippen molar-refractivity contribution in [1.82, 2.24) is 0 Å². The average molecular weight is 303 g/mol. The van der Waals surface area contributed by atoms with Crippen molar-refractivity contribution in [2.45, 2.75) is 46.3 Å². The Morgan fingerprint density at radius 1 is 1.27 bits per heavy atom. The third kappa shape index (κ3) is 5.66. The van der Waals surface area contributed by atoms with Crippen LogP contribution in [0.2, 0.25) is 0 Å². The largest absolute Gasteiger partial charge is 0.492 e. The molecular weight excluding hydrogens is 274 g/mol. The minimum Gasteiger partial charge on any atom is -0.492 e. The quantitative estimate of drug-likeness (QED) is 0.921. The van der Waals surface area contributed by atoms with Crippen molar-refractivity contribution < 1.29 is 9.47 Å². The summed E-state index contributed by atoms with van der Waals surface area (Å²) in [6.07, 6.45) is 7.07. The Kier molecular flexibility index (Phi) is 8.56. The second-order valence-electron chi connectivity index (χ2n) is 5.07. The molecule has 2 unspecified atom stereocenters. The number of aryl methyl sites for hydroxylation is 1. The van der Waals surface area contributed by atoms with Crippen LogP contribution in [0.15, 0.2) is 48.3 Å². The monoisotopic (exact) mass is 303 g/mol. The maximum Gasteiger partial charge on any atom is 0.125 e. The molecule has 0 bridgehead atoms. The number of nitrogens with two attached hydrogens (primary N) is 1. The van der Waals surface area contributed by atoms with Crippen LogP contribution in [0, 0.1) is 6.92 Å². The predicted octanol–water partition coefficient (Wildman–Crippen LogP) is 3.77. The first-order chi connectivity index (χ1) is 10.7. The van der Waals surface area contributed by atoms with Gasteiger partial charge in [-0.25, -0.2) is 0 Å². The van der Waals surface area contributed by atoms with Gasteiger partial charge in [-0.05, 0) is 37.5 Å². The van der Waals surface area contributed by atoms with Crippen molar-refractivity contribution >= 4 is 0 Å². The Bertz CT molecular complexity index is 494. The van der Waals surface area contributed by atoms with Gasteiger partial charge in [-0.15, -0.1) is 0 Å². The number of rotatable bonds is 4. The summed E-state index contributed by atoms with van der Waals surface area (Å²) in [7, 11) is 0. The molecule has 1 heterocycles. The van der Waals surface area contributed by atoms with Crippen molar-refractivity contribution in [3.05, 3.63) is 59.4 Å². The molecule has 0 spiro atoms. The van der Waals surface area contributed by atoms with Crippen LogP contribution in [0.3, 0.4) is 0 Å². The molecule has 3 nitrogen and oxygen atoms in total. The fourth-order valence-electron chi connectivity index (χ4n) is 2.21. The van der Waals surface area contributed by atoms with E-state index in [1.54, 1.807) is 0 Å². The normalized spacial score (nSPS) is 23.0. The molecule has 0 aliphatic carbocycles. The number of allylic oxidation sites excluding steroid dienone is 3. The summed E-state index contributed by atoms with van der Waals surface area (Å²) in [5.74, 6) is 0.871. The van der Waals surface area contributed by atoms with E-state index in [1.807, 2.05) is 32.9 Å². The average Bonchev–Trinajstić information content (AvgIpc) is 2.56. The van der Waals surface area contributed by atoms with Crippen LogP contribution in [-0.2, 0) is 15.9 Å². The highest BCUT2D eigenvalue weighted by atomic mass is 16.6. The molecule has 1 aromatic rings. The first kappa shape index (κ1) is 18.5. The zero-order chi connectivity index (χ0) is 16.4.